The van der Waals surface area contributed by atoms with Gasteiger partial charge in [-0.2, -0.15) is 0 Å². The van der Waals surface area contributed by atoms with Gasteiger partial charge in [-0.05, 0) is 18.4 Å². The summed E-state index contributed by atoms with van der Waals surface area (Å²) in [5.41, 5.74) is 7.13. The molecule has 0 aliphatic heterocycles. The lowest BCUT2D eigenvalue weighted by Gasteiger charge is -2.15. The van der Waals surface area contributed by atoms with Gasteiger partial charge >= 0.3 is 0 Å². The molecule has 0 aliphatic carbocycles. The molecule has 0 fully saturated rings. The van der Waals surface area contributed by atoms with Crippen LogP contribution in [0.4, 0.5) is 0 Å². The average molecular weight is 251 g/mol. The van der Waals surface area contributed by atoms with Crippen molar-refractivity contribution in [2.24, 2.45) is 11.7 Å². The lowest BCUT2D eigenvalue weighted by atomic mass is 10.0. The molecule has 2 N–H and O–H groups in total. The van der Waals surface area contributed by atoms with Crippen molar-refractivity contribution >= 4 is 0 Å². The number of ether oxygens (including phenoxy) is 2. The maximum atomic E-state index is 6.05. The van der Waals surface area contributed by atoms with Crippen molar-refractivity contribution in [3.05, 3.63) is 29.8 Å². The Kier molecular flexibility index (Phi) is 6.76. The molecule has 0 saturated heterocycles. The highest BCUT2D eigenvalue weighted by Crippen LogP contribution is 2.25. The van der Waals surface area contributed by atoms with E-state index in [-0.39, 0.29) is 6.04 Å². The minimum Gasteiger partial charge on any atom is -0.491 e. The molecule has 102 valence electrons. The molecule has 3 heteroatoms. The van der Waals surface area contributed by atoms with Crippen LogP contribution in [0.3, 0.4) is 0 Å². The molecule has 0 unspecified atom stereocenters. The second-order valence-electron chi connectivity index (χ2n) is 4.87. The van der Waals surface area contributed by atoms with Crippen LogP contribution in [0.2, 0.25) is 0 Å². The second-order valence-corrected chi connectivity index (χ2v) is 4.87. The van der Waals surface area contributed by atoms with E-state index in [1.807, 2.05) is 24.3 Å². The van der Waals surface area contributed by atoms with Crippen LogP contribution in [0.1, 0.15) is 38.8 Å². The zero-order valence-corrected chi connectivity index (χ0v) is 11.7. The summed E-state index contributed by atoms with van der Waals surface area (Å²) in [7, 11) is 0. The van der Waals surface area contributed by atoms with Crippen molar-refractivity contribution in [1.29, 1.82) is 0 Å². The van der Waals surface area contributed by atoms with Crippen molar-refractivity contribution in [3.8, 4) is 5.75 Å². The summed E-state index contributed by atoms with van der Waals surface area (Å²) in [6.45, 7) is 8.31. The van der Waals surface area contributed by atoms with Crippen LogP contribution >= 0.6 is 0 Å². The molecule has 0 aliphatic rings. The highest BCUT2D eigenvalue weighted by Gasteiger charge is 2.09. The Bertz CT molecular complexity index is 339. The van der Waals surface area contributed by atoms with Crippen LogP contribution < -0.4 is 10.5 Å². The highest BCUT2D eigenvalue weighted by atomic mass is 16.5. The second kappa shape index (κ2) is 8.11. The standard InChI is InChI=1S/C15H25NO2/c1-4-14(16)13-7-5-6-8-15(13)18-10-9-17-11-12(2)3/h5-8,12,14H,4,9-11,16H2,1-3H3/t14-/m1/s1. The van der Waals surface area contributed by atoms with Crippen LogP contribution in [0.5, 0.6) is 5.75 Å². The van der Waals surface area contributed by atoms with E-state index >= 15 is 0 Å². The van der Waals surface area contributed by atoms with Crippen LogP contribution in [0.25, 0.3) is 0 Å². The highest BCUT2D eigenvalue weighted by molar-refractivity contribution is 5.35. The third kappa shape index (κ3) is 5.07. The van der Waals surface area contributed by atoms with Gasteiger partial charge in [-0.1, -0.05) is 39.0 Å². The summed E-state index contributed by atoms with van der Waals surface area (Å²) in [5, 5.41) is 0. The minimum atomic E-state index is 0.0396. The topological polar surface area (TPSA) is 44.5 Å². The Hall–Kier alpha value is -1.06. The van der Waals surface area contributed by atoms with E-state index in [1.54, 1.807) is 0 Å². The lowest BCUT2D eigenvalue weighted by Crippen LogP contribution is -2.14. The van der Waals surface area contributed by atoms with Gasteiger partial charge in [0.05, 0.1) is 6.61 Å². The molecule has 18 heavy (non-hydrogen) atoms. The summed E-state index contributed by atoms with van der Waals surface area (Å²) in [6.07, 6.45) is 0.907. The Morgan fingerprint density at radius 1 is 1.17 bits per heavy atom. The molecule has 0 saturated carbocycles. The molecule has 0 heterocycles. The molecule has 0 aromatic heterocycles. The molecule has 1 rings (SSSR count). The van der Waals surface area contributed by atoms with Crippen LogP contribution in [0, 0.1) is 5.92 Å². The SMILES string of the molecule is CC[C@@H](N)c1ccccc1OCCOCC(C)C. The Labute approximate surface area is 110 Å². The number of nitrogens with two attached hydrogens (primary N) is 1. The predicted octanol–water partition coefficient (Wildman–Crippen LogP) is 3.15. The van der Waals surface area contributed by atoms with E-state index in [9.17, 15) is 0 Å². The first-order chi connectivity index (χ1) is 8.65. The van der Waals surface area contributed by atoms with Crippen LogP contribution in [0.15, 0.2) is 24.3 Å². The Morgan fingerprint density at radius 3 is 2.56 bits per heavy atom. The molecule has 0 amide bonds. The van der Waals surface area contributed by atoms with Crippen molar-refractivity contribution in [1.82, 2.24) is 0 Å². The molecule has 0 bridgehead atoms. The maximum Gasteiger partial charge on any atom is 0.124 e. The van der Waals surface area contributed by atoms with Crippen molar-refractivity contribution in [2.45, 2.75) is 33.2 Å². The van der Waals surface area contributed by atoms with Crippen LogP contribution in [-0.4, -0.2) is 19.8 Å². The summed E-state index contributed by atoms with van der Waals surface area (Å²) in [6, 6.07) is 7.99. The third-order valence-corrected chi connectivity index (χ3v) is 2.69. The first-order valence-electron chi connectivity index (χ1n) is 6.70. The largest absolute Gasteiger partial charge is 0.491 e. The first-order valence-corrected chi connectivity index (χ1v) is 6.70. The molecular weight excluding hydrogens is 226 g/mol. The maximum absolute atomic E-state index is 6.05. The van der Waals surface area contributed by atoms with E-state index in [4.69, 9.17) is 15.2 Å². The molecular formula is C15H25NO2. The predicted molar refractivity (Wildman–Crippen MR) is 74.8 cm³/mol. The van der Waals surface area contributed by atoms with Gasteiger partial charge in [0.25, 0.3) is 0 Å². The van der Waals surface area contributed by atoms with Crippen molar-refractivity contribution in [2.75, 3.05) is 19.8 Å². The van der Waals surface area contributed by atoms with Crippen molar-refractivity contribution in [3.63, 3.8) is 0 Å². The first kappa shape index (κ1) is 15.0. The van der Waals surface area contributed by atoms with Gasteiger partial charge in [0, 0.05) is 18.2 Å². The fourth-order valence-electron chi connectivity index (χ4n) is 1.67. The number of para-hydroxylation sites is 1. The van der Waals surface area contributed by atoms with E-state index in [0.29, 0.717) is 19.1 Å². The zero-order valence-electron chi connectivity index (χ0n) is 11.7. The summed E-state index contributed by atoms with van der Waals surface area (Å²) < 4.78 is 11.2. The summed E-state index contributed by atoms with van der Waals surface area (Å²) >= 11 is 0. The van der Waals surface area contributed by atoms with Gasteiger partial charge in [-0.3, -0.25) is 0 Å². The van der Waals surface area contributed by atoms with Gasteiger partial charge in [-0.15, -0.1) is 0 Å². The van der Waals surface area contributed by atoms with Gasteiger partial charge in [0.1, 0.15) is 12.4 Å². The fourth-order valence-corrected chi connectivity index (χ4v) is 1.67. The van der Waals surface area contributed by atoms with E-state index < -0.39 is 0 Å². The summed E-state index contributed by atoms with van der Waals surface area (Å²) in [5.74, 6) is 1.44. The number of rotatable bonds is 8. The molecule has 0 spiro atoms. The fraction of sp³-hybridized carbons (Fsp3) is 0.600. The van der Waals surface area contributed by atoms with Gasteiger partial charge in [0.15, 0.2) is 0 Å². The van der Waals surface area contributed by atoms with Gasteiger partial charge in [0.2, 0.25) is 0 Å². The Morgan fingerprint density at radius 2 is 1.89 bits per heavy atom. The van der Waals surface area contributed by atoms with E-state index in [2.05, 4.69) is 20.8 Å². The monoisotopic (exact) mass is 251 g/mol. The molecule has 3 nitrogen and oxygen atoms in total. The van der Waals surface area contributed by atoms with E-state index in [1.165, 1.54) is 0 Å². The molecule has 1 atom stereocenters. The third-order valence-electron chi connectivity index (χ3n) is 2.69. The molecule has 1 aromatic carbocycles. The van der Waals surface area contributed by atoms with Gasteiger partial charge in [-0.25, -0.2) is 0 Å². The van der Waals surface area contributed by atoms with Crippen molar-refractivity contribution < 1.29 is 9.47 Å². The van der Waals surface area contributed by atoms with E-state index in [0.717, 1.165) is 24.3 Å². The smallest absolute Gasteiger partial charge is 0.124 e. The normalized spacial score (nSPS) is 12.7. The quantitative estimate of drug-likeness (QED) is 0.722. The number of hydrogen-bond acceptors (Lipinski definition) is 3. The summed E-state index contributed by atoms with van der Waals surface area (Å²) in [4.78, 5) is 0. The number of benzene rings is 1. The lowest BCUT2D eigenvalue weighted by molar-refractivity contribution is 0.0815. The average Bonchev–Trinajstić information content (AvgIpc) is 2.37. The Balaban J connectivity index is 2.42. The molecule has 0 radical (unpaired) electrons. The zero-order chi connectivity index (χ0) is 13.4. The number of hydrogen-bond donors (Lipinski definition) is 1. The minimum absolute atomic E-state index is 0.0396. The van der Waals surface area contributed by atoms with Crippen LogP contribution in [-0.2, 0) is 4.74 Å². The van der Waals surface area contributed by atoms with Gasteiger partial charge < -0.3 is 15.2 Å². The molecule has 1 aromatic rings.